The molecule has 0 radical (unpaired) electrons. The molecule has 44 heavy (non-hydrogen) atoms. The monoisotopic (exact) mass is 606 g/mol. The first-order valence-electron chi connectivity index (χ1n) is 14.0. The van der Waals surface area contributed by atoms with Crippen molar-refractivity contribution >= 4 is 34.9 Å². The molecule has 7 nitrogen and oxygen atoms in total. The van der Waals surface area contributed by atoms with E-state index in [1.54, 1.807) is 25.3 Å². The molecule has 0 saturated heterocycles. The van der Waals surface area contributed by atoms with Crippen molar-refractivity contribution in [1.82, 2.24) is 5.32 Å². The summed E-state index contributed by atoms with van der Waals surface area (Å²) in [5, 5.41) is 16.2. The number of hydrogen-bond donors (Lipinski definition) is 3. The summed E-state index contributed by atoms with van der Waals surface area (Å²) in [5.41, 5.74) is 4.90. The number of para-hydroxylation sites is 2. The fourth-order valence-corrected chi connectivity index (χ4v) is 5.06. The summed E-state index contributed by atoms with van der Waals surface area (Å²) in [7, 11) is 1.61. The van der Waals surface area contributed by atoms with E-state index in [0.29, 0.717) is 22.0 Å². The van der Waals surface area contributed by atoms with Crippen LogP contribution in [0, 0.1) is 6.92 Å². The third kappa shape index (κ3) is 7.38. The van der Waals surface area contributed by atoms with Crippen molar-refractivity contribution in [2.24, 2.45) is 0 Å². The quantitative estimate of drug-likeness (QED) is 0.139. The zero-order chi connectivity index (χ0) is 31.1. The molecule has 1 unspecified atom stereocenters. The highest BCUT2D eigenvalue weighted by atomic mass is 35.5. The van der Waals surface area contributed by atoms with E-state index in [-0.39, 0.29) is 12.0 Å². The predicted molar refractivity (Wildman–Crippen MR) is 173 cm³/mol. The number of carbonyl (C=O) groups is 2. The molecule has 5 rings (SSSR count). The van der Waals surface area contributed by atoms with E-state index in [1.807, 2.05) is 104 Å². The van der Waals surface area contributed by atoms with Crippen LogP contribution in [-0.4, -0.2) is 24.1 Å². The summed E-state index contributed by atoms with van der Waals surface area (Å²) in [6, 6.07) is 34.4. The Morgan fingerprint density at radius 2 is 1.57 bits per heavy atom. The van der Waals surface area contributed by atoms with E-state index < -0.39 is 17.9 Å². The van der Waals surface area contributed by atoms with Gasteiger partial charge in [-0.05, 0) is 78.2 Å². The zero-order valence-corrected chi connectivity index (χ0v) is 25.0. The maximum atomic E-state index is 13.6. The first kappa shape index (κ1) is 30.2. The third-order valence-corrected chi connectivity index (χ3v) is 7.30. The number of halogens is 1. The number of hydrogen-bond acceptors (Lipinski definition) is 5. The molecular weight excluding hydrogens is 576 g/mol. The first-order valence-corrected chi connectivity index (χ1v) is 14.3. The molecule has 1 atom stereocenters. The minimum atomic E-state index is -1.04. The van der Waals surface area contributed by atoms with E-state index in [4.69, 9.17) is 21.1 Å². The zero-order valence-electron chi connectivity index (χ0n) is 24.2. The van der Waals surface area contributed by atoms with Crippen molar-refractivity contribution in [3.8, 4) is 28.4 Å². The van der Waals surface area contributed by atoms with Crippen LogP contribution in [0.3, 0.4) is 0 Å². The molecule has 0 aromatic heterocycles. The molecule has 0 spiro atoms. The Morgan fingerprint density at radius 1 is 0.841 bits per heavy atom. The molecule has 0 saturated carbocycles. The fourth-order valence-electron chi connectivity index (χ4n) is 4.89. The smallest absolute Gasteiger partial charge is 0.305 e. The van der Waals surface area contributed by atoms with Gasteiger partial charge in [-0.1, -0.05) is 72.3 Å². The molecule has 3 N–H and O–H groups in total. The molecule has 0 fully saturated rings. The second-order valence-electron chi connectivity index (χ2n) is 10.2. The Balaban J connectivity index is 1.39. The molecule has 1 amide bonds. The maximum absolute atomic E-state index is 13.6. The van der Waals surface area contributed by atoms with Gasteiger partial charge in [-0.3, -0.25) is 9.59 Å². The predicted octanol–water partition coefficient (Wildman–Crippen LogP) is 8.81. The number of carboxylic acid groups (broad SMARTS) is 1. The van der Waals surface area contributed by atoms with Crippen molar-refractivity contribution < 1.29 is 24.2 Å². The van der Waals surface area contributed by atoms with Crippen LogP contribution < -0.4 is 20.1 Å². The maximum Gasteiger partial charge on any atom is 0.305 e. The molecule has 222 valence electrons. The number of carboxylic acids is 1. The summed E-state index contributed by atoms with van der Waals surface area (Å²) in [6.45, 7) is 1.93. The Labute approximate surface area is 261 Å². The number of rotatable bonds is 11. The minimum Gasteiger partial charge on any atom is -0.496 e. The summed E-state index contributed by atoms with van der Waals surface area (Å²) in [5.74, 6) is 0.656. The largest absolute Gasteiger partial charge is 0.496 e. The van der Waals surface area contributed by atoms with Crippen molar-refractivity contribution in [1.29, 1.82) is 0 Å². The van der Waals surface area contributed by atoms with Crippen LogP contribution in [-0.2, 0) is 4.79 Å². The highest BCUT2D eigenvalue weighted by Gasteiger charge is 2.22. The number of methoxy groups -OCH3 is 1. The first-order chi connectivity index (χ1) is 21.3. The molecule has 5 aromatic carbocycles. The van der Waals surface area contributed by atoms with Crippen LogP contribution in [0.2, 0.25) is 5.02 Å². The van der Waals surface area contributed by atoms with Gasteiger partial charge >= 0.3 is 5.97 Å². The lowest BCUT2D eigenvalue weighted by atomic mass is 9.98. The lowest BCUT2D eigenvalue weighted by molar-refractivity contribution is -0.137. The van der Waals surface area contributed by atoms with Crippen molar-refractivity contribution in [2.75, 3.05) is 12.4 Å². The lowest BCUT2D eigenvalue weighted by Crippen LogP contribution is -2.30. The Kier molecular flexibility index (Phi) is 9.47. The van der Waals surface area contributed by atoms with E-state index in [1.165, 1.54) is 0 Å². The summed E-state index contributed by atoms with van der Waals surface area (Å²) >= 11 is 6.28. The van der Waals surface area contributed by atoms with Gasteiger partial charge < -0.3 is 25.2 Å². The number of aryl methyl sites for hydroxylation is 1. The topological polar surface area (TPSA) is 96.9 Å². The highest BCUT2D eigenvalue weighted by molar-refractivity contribution is 6.31. The number of amides is 1. The van der Waals surface area contributed by atoms with Crippen LogP contribution >= 0.6 is 11.6 Å². The second kappa shape index (κ2) is 13.8. The summed E-state index contributed by atoms with van der Waals surface area (Å²) < 4.78 is 11.5. The van der Waals surface area contributed by atoms with Gasteiger partial charge in [0.2, 0.25) is 0 Å². The van der Waals surface area contributed by atoms with E-state index in [9.17, 15) is 14.7 Å². The molecule has 0 bridgehead atoms. The molecule has 0 aliphatic heterocycles. The van der Waals surface area contributed by atoms with Crippen molar-refractivity contribution in [2.45, 2.75) is 19.4 Å². The van der Waals surface area contributed by atoms with Gasteiger partial charge in [-0.2, -0.15) is 0 Å². The van der Waals surface area contributed by atoms with Crippen molar-refractivity contribution in [3.05, 3.63) is 137 Å². The van der Waals surface area contributed by atoms with Gasteiger partial charge in [0.1, 0.15) is 17.2 Å². The third-order valence-electron chi connectivity index (χ3n) is 7.07. The van der Waals surface area contributed by atoms with E-state index in [0.717, 1.165) is 33.9 Å². The molecular formula is C36H31ClN2O5. The molecule has 0 aliphatic rings. The van der Waals surface area contributed by atoms with Gasteiger partial charge in [0.25, 0.3) is 5.91 Å². The number of anilines is 2. The van der Waals surface area contributed by atoms with Crippen LogP contribution in [0.25, 0.3) is 11.1 Å². The number of benzene rings is 5. The highest BCUT2D eigenvalue weighted by Crippen LogP contribution is 2.34. The number of carbonyl (C=O) groups excluding carboxylic acids is 1. The fraction of sp³-hybridized carbons (Fsp3) is 0.111. The molecule has 0 heterocycles. The van der Waals surface area contributed by atoms with Gasteiger partial charge in [0.05, 0.1) is 30.8 Å². The van der Waals surface area contributed by atoms with E-state index >= 15 is 0 Å². The Morgan fingerprint density at radius 3 is 2.27 bits per heavy atom. The van der Waals surface area contributed by atoms with Gasteiger partial charge in [0, 0.05) is 16.3 Å². The van der Waals surface area contributed by atoms with Gasteiger partial charge in [-0.25, -0.2) is 0 Å². The molecule has 5 aromatic rings. The Hall–Kier alpha value is -5.27. The van der Waals surface area contributed by atoms with Gasteiger partial charge in [0.15, 0.2) is 0 Å². The van der Waals surface area contributed by atoms with Gasteiger partial charge in [-0.15, -0.1) is 0 Å². The summed E-state index contributed by atoms with van der Waals surface area (Å²) in [4.78, 5) is 25.5. The Bertz CT molecular complexity index is 1770. The van der Waals surface area contributed by atoms with Crippen LogP contribution in [0.1, 0.15) is 33.9 Å². The number of ether oxygens (including phenoxy) is 2. The molecule has 0 aliphatic carbocycles. The van der Waals surface area contributed by atoms with Crippen LogP contribution in [0.4, 0.5) is 11.4 Å². The number of nitrogens with one attached hydrogen (secondary N) is 2. The summed E-state index contributed by atoms with van der Waals surface area (Å²) in [6.07, 6.45) is -0.306. The van der Waals surface area contributed by atoms with Crippen LogP contribution in [0.5, 0.6) is 17.2 Å². The number of aliphatic carboxylic acids is 1. The normalized spacial score (nSPS) is 11.3. The average molecular weight is 607 g/mol. The SMILES string of the molecule is COc1ccc(Nc2ccc(Cl)cc2C(=O)NC(CC(=O)O)c2ccc(-c3ccccc3Oc3ccccc3)cc2)cc1C. The van der Waals surface area contributed by atoms with E-state index in [2.05, 4.69) is 10.6 Å². The lowest BCUT2D eigenvalue weighted by Gasteiger charge is -2.20. The standard InChI is InChI=1S/C36H31ClN2O5/c1-23-20-27(17-19-33(23)43-2)38-31-18-16-26(37)21-30(31)36(42)39-32(22-35(40)41)25-14-12-24(13-15-25)29-10-6-7-11-34(29)44-28-8-4-3-5-9-28/h3-21,32,38H,22H2,1-2H3,(H,39,42)(H,40,41). The van der Waals surface area contributed by atoms with Crippen LogP contribution in [0.15, 0.2) is 115 Å². The van der Waals surface area contributed by atoms with Crippen molar-refractivity contribution in [3.63, 3.8) is 0 Å². The second-order valence-corrected chi connectivity index (χ2v) is 10.6. The minimum absolute atomic E-state index is 0.282. The average Bonchev–Trinajstić information content (AvgIpc) is 3.02. The molecule has 8 heteroatoms.